The van der Waals surface area contributed by atoms with Crippen LogP contribution in [-0.4, -0.2) is 174 Å². The molecule has 0 bridgehead atoms. The lowest BCUT2D eigenvalue weighted by molar-refractivity contribution is -0.159. The van der Waals surface area contributed by atoms with Crippen LogP contribution < -0.4 is 33.2 Å². The summed E-state index contributed by atoms with van der Waals surface area (Å²) in [4.78, 5) is 78.6. The third-order valence-corrected chi connectivity index (χ3v) is 13.9. The number of halogens is 4. The first-order valence-corrected chi connectivity index (χ1v) is 26.0. The van der Waals surface area contributed by atoms with Crippen LogP contribution in [0.1, 0.15) is 83.3 Å². The highest BCUT2D eigenvalue weighted by molar-refractivity contribution is 6.22. The van der Waals surface area contributed by atoms with E-state index >= 15 is 13.2 Å². The van der Waals surface area contributed by atoms with Crippen molar-refractivity contribution in [2.45, 2.75) is 143 Å². The van der Waals surface area contributed by atoms with Crippen molar-refractivity contribution in [1.29, 1.82) is 0 Å². The molecule has 11 N–H and O–H groups in total. The molecule has 13 atom stereocenters. The molecule has 3 saturated heterocycles. The Bertz CT molecular complexity index is 3550. The normalized spacial score (nSPS) is 30.1. The number of terminal acetylenes is 3. The highest BCUT2D eigenvalue weighted by Crippen LogP contribution is 2.48. The number of aliphatic imine (C=N–C) groups is 1. The van der Waals surface area contributed by atoms with E-state index in [2.05, 4.69) is 55.8 Å². The topological polar surface area (TPSA) is 405 Å². The van der Waals surface area contributed by atoms with E-state index in [1.807, 2.05) is 17.8 Å². The number of nitrogens with zero attached hydrogens (tertiary/aromatic N) is 11. The van der Waals surface area contributed by atoms with E-state index in [4.69, 9.17) is 81.2 Å². The Kier molecular flexibility index (Phi) is 16.7. The maximum Gasteiger partial charge on any atom is 0.303 e. The van der Waals surface area contributed by atoms with Crippen molar-refractivity contribution in [3.05, 3.63) is 24.7 Å². The molecule has 5 fully saturated rings. The van der Waals surface area contributed by atoms with E-state index in [-0.39, 0.29) is 59.9 Å². The monoisotopic (exact) mass is 1190 g/mol. The Morgan fingerprint density at radius 1 is 0.690 bits per heavy atom. The van der Waals surface area contributed by atoms with Crippen LogP contribution in [0.25, 0.3) is 22.3 Å². The molecule has 0 spiro atoms. The number of guanidine groups is 1. The predicted molar refractivity (Wildman–Crippen MR) is 286 cm³/mol. The molecule has 34 heteroatoms. The van der Waals surface area contributed by atoms with Gasteiger partial charge in [0.2, 0.25) is 17.6 Å². The number of rotatable bonds is 14. The molecule has 5 aromatic rings. The highest BCUT2D eigenvalue weighted by Gasteiger charge is 2.63. The SMILES string of the molecule is C#CC1(F)[C@@H](O)[C@@H](CO)O[C@H]1n1cnc2c(NC3CC3)nc(N)nc21.C#CC1(F)[C@@H](OC(C)=O)[C@@H](COC(C)=O)O[C@H]1n1cnc2c(NC3CC3)nc(N)nc21.C#CC1(F)[C@@H](OC(C)=O)[C@@H](COC(C)=O)O[C@H]1n1cnc2c1NC(N)=NC2Cl. The van der Waals surface area contributed by atoms with Crippen LogP contribution in [0.5, 0.6) is 0 Å². The maximum atomic E-state index is 16.1. The van der Waals surface area contributed by atoms with Gasteiger partial charge in [-0.1, -0.05) is 29.4 Å². The highest BCUT2D eigenvalue weighted by atomic mass is 35.5. The van der Waals surface area contributed by atoms with E-state index in [1.54, 1.807) is 0 Å². The van der Waals surface area contributed by atoms with Gasteiger partial charge in [-0.25, -0.2) is 33.1 Å². The van der Waals surface area contributed by atoms with E-state index in [1.165, 1.54) is 46.5 Å². The van der Waals surface area contributed by atoms with Crippen LogP contribution in [0.4, 0.5) is 42.5 Å². The minimum Gasteiger partial charge on any atom is -0.463 e. The number of fused-ring (bicyclic) bond motifs is 3. The van der Waals surface area contributed by atoms with E-state index < -0.39 is 108 Å². The zero-order valence-electron chi connectivity index (χ0n) is 44.9. The second-order valence-corrected chi connectivity index (χ2v) is 20.2. The summed E-state index contributed by atoms with van der Waals surface area (Å²) in [6, 6.07) is 0.565. The fourth-order valence-electron chi connectivity index (χ4n) is 9.44. The van der Waals surface area contributed by atoms with Gasteiger partial charge in [0, 0.05) is 39.8 Å². The van der Waals surface area contributed by atoms with Crippen molar-refractivity contribution in [2.75, 3.05) is 47.2 Å². The second-order valence-electron chi connectivity index (χ2n) is 19.8. The lowest BCUT2D eigenvalue weighted by atomic mass is 9.96. The van der Waals surface area contributed by atoms with Gasteiger partial charge in [0.25, 0.3) is 11.3 Å². The number of nitrogens with one attached hydrogen (secondary N) is 3. The molecule has 4 unspecified atom stereocenters. The molecule has 9 heterocycles. The van der Waals surface area contributed by atoms with Gasteiger partial charge in [0.15, 0.2) is 76.3 Å². The van der Waals surface area contributed by atoms with Crippen molar-refractivity contribution in [3.8, 4) is 37.0 Å². The molecule has 0 radical (unpaired) electrons. The lowest BCUT2D eigenvalue weighted by Crippen LogP contribution is -2.45. The molecule has 30 nitrogen and oxygen atoms in total. The number of nitrogens with two attached hydrogens (primary N) is 3. The van der Waals surface area contributed by atoms with Gasteiger partial charge in [0.05, 0.1) is 25.6 Å². The summed E-state index contributed by atoms with van der Waals surface area (Å²) in [5.74, 6) is 4.23. The lowest BCUT2D eigenvalue weighted by Gasteiger charge is -2.27. The molecule has 0 amide bonds. The average Bonchev–Trinajstić information content (AvgIpc) is 1.98. The second kappa shape index (κ2) is 23.5. The summed E-state index contributed by atoms with van der Waals surface area (Å²) in [5, 5.41) is 28.5. The number of anilines is 5. The van der Waals surface area contributed by atoms with Crippen molar-refractivity contribution < 1.29 is 75.7 Å². The van der Waals surface area contributed by atoms with Gasteiger partial charge in [-0.15, -0.1) is 19.3 Å². The Morgan fingerprint density at radius 2 is 1.11 bits per heavy atom. The molecule has 5 aromatic heterocycles. The summed E-state index contributed by atoms with van der Waals surface area (Å²) in [6.07, 6.45) is 11.6. The number of aromatic nitrogens is 10. The number of carbonyl (C=O) groups excluding carboxylic acids is 4. The number of hydrogen-bond acceptors (Lipinski definition) is 27. The third kappa shape index (κ3) is 11.6. The maximum absolute atomic E-state index is 16.1. The number of esters is 4. The van der Waals surface area contributed by atoms with Crippen LogP contribution in [0, 0.1) is 37.0 Å². The summed E-state index contributed by atoms with van der Waals surface area (Å²) in [7, 11) is 0. The molecular weight excluding hydrogens is 1140 g/mol. The summed E-state index contributed by atoms with van der Waals surface area (Å²) < 4.78 is 87.9. The molecule has 0 aromatic carbocycles. The molecule has 84 heavy (non-hydrogen) atoms. The number of imidazole rings is 3. The first kappa shape index (κ1) is 59.8. The van der Waals surface area contributed by atoms with E-state index in [0.717, 1.165) is 39.5 Å². The largest absolute Gasteiger partial charge is 0.463 e. The summed E-state index contributed by atoms with van der Waals surface area (Å²) >= 11 is 6.09. The molecule has 11 rings (SSSR count). The number of aliphatic hydroxyl groups excluding tert-OH is 2. The van der Waals surface area contributed by atoms with Crippen molar-refractivity contribution >= 4 is 93.1 Å². The molecule has 2 aliphatic carbocycles. The van der Waals surface area contributed by atoms with E-state index in [0.29, 0.717) is 28.7 Å². The van der Waals surface area contributed by atoms with Gasteiger partial charge in [-0.2, -0.15) is 19.9 Å². The number of ether oxygens (including phenoxy) is 7. The minimum absolute atomic E-state index is 0.00888. The van der Waals surface area contributed by atoms with Crippen LogP contribution in [-0.2, 0) is 52.3 Å². The summed E-state index contributed by atoms with van der Waals surface area (Å²) in [6.45, 7) is 3.26. The summed E-state index contributed by atoms with van der Waals surface area (Å²) in [5.41, 5.74) is 10.1. The van der Waals surface area contributed by atoms with Gasteiger partial charge in [-0.05, 0) is 25.7 Å². The van der Waals surface area contributed by atoms with Gasteiger partial charge in [0.1, 0.15) is 49.1 Å². The van der Waals surface area contributed by atoms with Crippen LogP contribution in [0.15, 0.2) is 24.0 Å². The molecule has 4 aliphatic heterocycles. The third-order valence-electron chi connectivity index (χ3n) is 13.6. The first-order valence-electron chi connectivity index (χ1n) is 25.6. The Hall–Kier alpha value is -8.78. The molecule has 6 aliphatic rings. The number of hydrogen-bond donors (Lipinski definition) is 8. The quantitative estimate of drug-likeness (QED) is 0.0251. The Labute approximate surface area is 479 Å². The average molecular weight is 1190 g/mol. The number of alkyl halides is 4. The zero-order chi connectivity index (χ0) is 60.7. The molecular formula is C50H55ClF3N17O13. The van der Waals surface area contributed by atoms with Crippen molar-refractivity contribution in [2.24, 2.45) is 10.7 Å². The van der Waals surface area contributed by atoms with Gasteiger partial charge < -0.3 is 76.5 Å². The molecule has 446 valence electrons. The standard InChI is InChI=1S/C19H21FN6O5.C16H17ClFN5O5.C15H17FN6O3/c1-4-19(20)14(30-10(3)28)12(7-29-9(2)27)31-17(19)26-8-22-13-15(23-11-5-6-11)24-18(21)25-16(13)26;1-4-16(18)11(27-8(3)25)9(5-26-7(2)24)28-14(16)23-6-20-10-12(17)21-15(19)22-13(10)23;1-2-15(16)10(24)8(5-23)25-13(15)22-6-18-9-11(19-7-3-4-7)20-14(17)21-12(9)22/h1,8,11-12,14,17H,5-7H2,2-3H3,(H3,21,23,24,25);1,6,9,11-12,14H,5H2,2-3H3,(H3,19,21,22);1,6-8,10,13,23-24H,3-5H2,(H3,17,19,20,21)/t12-,14+,17-,19?;9-,11+,12?,14-,16?;8-,10+,13-,15?/m111/s1. The minimum atomic E-state index is -2.60. The number of carbonyl (C=O) groups is 4. The van der Waals surface area contributed by atoms with Crippen LogP contribution in [0.2, 0.25) is 0 Å². The fourth-order valence-corrected chi connectivity index (χ4v) is 9.70. The van der Waals surface area contributed by atoms with Crippen molar-refractivity contribution in [3.63, 3.8) is 0 Å². The number of nitrogen functional groups attached to an aromatic ring is 2. The fraction of sp³-hybridized carbons (Fsp3) is 0.520. The molecule has 2 saturated carbocycles. The number of aliphatic hydroxyl groups is 2. The van der Waals surface area contributed by atoms with E-state index in [9.17, 15) is 29.4 Å². The smallest absolute Gasteiger partial charge is 0.303 e. The van der Waals surface area contributed by atoms with Crippen LogP contribution >= 0.6 is 11.6 Å². The Balaban J connectivity index is 0.000000152. The Morgan fingerprint density at radius 3 is 1.51 bits per heavy atom. The van der Waals surface area contributed by atoms with Crippen LogP contribution in [0.3, 0.4) is 0 Å². The van der Waals surface area contributed by atoms with Gasteiger partial charge in [-0.3, -0.25) is 32.9 Å². The van der Waals surface area contributed by atoms with Crippen molar-refractivity contribution in [1.82, 2.24) is 48.6 Å². The first-order chi connectivity index (χ1) is 39.9. The van der Waals surface area contributed by atoms with Gasteiger partial charge >= 0.3 is 23.9 Å². The predicted octanol–water partition coefficient (Wildman–Crippen LogP) is 0.886. The zero-order valence-corrected chi connectivity index (χ0v) is 45.6.